The van der Waals surface area contributed by atoms with Crippen molar-refractivity contribution in [3.8, 4) is 0 Å². The van der Waals surface area contributed by atoms with E-state index in [9.17, 15) is 0 Å². The lowest BCUT2D eigenvalue weighted by molar-refractivity contribution is 0.311. The first-order chi connectivity index (χ1) is 11.8. The molecule has 136 valence electrons. The summed E-state index contributed by atoms with van der Waals surface area (Å²) in [5.74, 6) is 1.89. The molecule has 2 fully saturated rings. The van der Waals surface area contributed by atoms with Gasteiger partial charge in [0.2, 0.25) is 5.95 Å². The van der Waals surface area contributed by atoms with Gasteiger partial charge in [0.25, 0.3) is 0 Å². The van der Waals surface area contributed by atoms with Gasteiger partial charge in [-0.2, -0.15) is 4.98 Å². The van der Waals surface area contributed by atoms with E-state index in [-0.39, 0.29) is 12.4 Å². The number of rotatable bonds is 3. The predicted molar refractivity (Wildman–Crippen MR) is 107 cm³/mol. The summed E-state index contributed by atoms with van der Waals surface area (Å²) in [6, 6.07) is 8.93. The van der Waals surface area contributed by atoms with Gasteiger partial charge in [-0.3, -0.25) is 0 Å². The van der Waals surface area contributed by atoms with Crippen molar-refractivity contribution < 1.29 is 0 Å². The van der Waals surface area contributed by atoms with E-state index in [0.29, 0.717) is 6.04 Å². The highest BCUT2D eigenvalue weighted by molar-refractivity contribution is 5.90. The highest BCUT2D eigenvalue weighted by Gasteiger charge is 2.20. The smallest absolute Gasteiger partial charge is 0.227 e. The van der Waals surface area contributed by atoms with Gasteiger partial charge in [0.15, 0.2) is 0 Å². The van der Waals surface area contributed by atoms with Crippen LogP contribution in [-0.4, -0.2) is 54.1 Å². The van der Waals surface area contributed by atoms with Crippen LogP contribution in [0.25, 0.3) is 10.9 Å². The van der Waals surface area contributed by atoms with Gasteiger partial charge in [-0.15, -0.1) is 12.4 Å². The highest BCUT2D eigenvalue weighted by atomic mass is 35.5. The second kappa shape index (κ2) is 8.19. The summed E-state index contributed by atoms with van der Waals surface area (Å²) < 4.78 is 0. The Balaban J connectivity index is 0.00000182. The first kappa shape index (κ1) is 18.2. The minimum atomic E-state index is 0. The van der Waals surface area contributed by atoms with Crippen LogP contribution in [0.5, 0.6) is 0 Å². The van der Waals surface area contributed by atoms with Crippen LogP contribution in [-0.2, 0) is 0 Å². The third kappa shape index (κ3) is 4.15. The molecule has 1 N–H and O–H groups in total. The van der Waals surface area contributed by atoms with E-state index in [1.165, 1.54) is 32.1 Å². The predicted octanol–water partition coefficient (Wildman–Crippen LogP) is 3.55. The van der Waals surface area contributed by atoms with Gasteiger partial charge in [-0.05, 0) is 32.0 Å². The number of aromatic nitrogens is 2. The number of hydrogen-bond donors (Lipinski definition) is 1. The van der Waals surface area contributed by atoms with Gasteiger partial charge in [-0.1, -0.05) is 31.4 Å². The normalized spacial score (nSPS) is 19.6. The van der Waals surface area contributed by atoms with Crippen molar-refractivity contribution in [2.24, 2.45) is 0 Å². The zero-order valence-corrected chi connectivity index (χ0v) is 15.8. The quantitative estimate of drug-likeness (QED) is 0.905. The third-order valence-corrected chi connectivity index (χ3v) is 5.32. The molecule has 1 saturated heterocycles. The number of fused-ring (bicyclic) bond motifs is 1. The van der Waals surface area contributed by atoms with Gasteiger partial charge in [0, 0.05) is 37.6 Å². The van der Waals surface area contributed by atoms with Crippen LogP contribution in [0.3, 0.4) is 0 Å². The first-order valence-electron chi connectivity index (χ1n) is 9.26. The number of nitrogens with zero attached hydrogens (tertiary/aromatic N) is 4. The standard InChI is InChI=1S/C19H27N5.ClH/c1-23-11-13-24(14-12-23)19-21-17-10-6-5-9-16(17)18(22-19)20-15-7-3-2-4-8-15;/h5-6,9-10,15H,2-4,7-8,11-14H2,1H3,(H,20,21,22);1H. The number of piperazine rings is 1. The third-order valence-electron chi connectivity index (χ3n) is 5.32. The number of hydrogen-bond acceptors (Lipinski definition) is 5. The Kier molecular flexibility index (Phi) is 5.97. The summed E-state index contributed by atoms with van der Waals surface area (Å²) in [5, 5.41) is 4.86. The molecule has 2 aromatic rings. The molecule has 1 saturated carbocycles. The average molecular weight is 362 g/mol. The van der Waals surface area contributed by atoms with E-state index >= 15 is 0 Å². The summed E-state index contributed by atoms with van der Waals surface area (Å²) in [6.45, 7) is 4.14. The van der Waals surface area contributed by atoms with Crippen LogP contribution in [0.15, 0.2) is 24.3 Å². The van der Waals surface area contributed by atoms with E-state index in [4.69, 9.17) is 9.97 Å². The van der Waals surface area contributed by atoms with Crippen molar-refractivity contribution in [3.63, 3.8) is 0 Å². The Morgan fingerprint density at radius 3 is 2.44 bits per heavy atom. The molecule has 1 aromatic heterocycles. The number of benzene rings is 1. The van der Waals surface area contributed by atoms with Crippen molar-refractivity contribution in [3.05, 3.63) is 24.3 Å². The molecule has 2 heterocycles. The Hall–Kier alpha value is -1.59. The van der Waals surface area contributed by atoms with Crippen LogP contribution in [0.4, 0.5) is 11.8 Å². The number of nitrogens with one attached hydrogen (secondary N) is 1. The molecule has 0 bridgehead atoms. The molecule has 1 aliphatic carbocycles. The lowest BCUT2D eigenvalue weighted by Crippen LogP contribution is -2.45. The SMILES string of the molecule is CN1CCN(c2nc(NC3CCCCC3)c3ccccc3n2)CC1.Cl. The fourth-order valence-corrected chi connectivity index (χ4v) is 3.76. The van der Waals surface area contributed by atoms with E-state index in [2.05, 4.69) is 46.4 Å². The van der Waals surface area contributed by atoms with Crippen LogP contribution >= 0.6 is 12.4 Å². The summed E-state index contributed by atoms with van der Waals surface area (Å²) in [7, 11) is 2.18. The monoisotopic (exact) mass is 361 g/mol. The summed E-state index contributed by atoms with van der Waals surface area (Å²) in [4.78, 5) is 14.4. The minimum Gasteiger partial charge on any atom is -0.367 e. The number of halogens is 1. The van der Waals surface area contributed by atoms with Crippen LogP contribution in [0, 0.1) is 0 Å². The van der Waals surface area contributed by atoms with E-state index < -0.39 is 0 Å². The van der Waals surface area contributed by atoms with E-state index in [1.807, 2.05) is 0 Å². The largest absolute Gasteiger partial charge is 0.367 e. The molecular formula is C19H28ClN5. The molecule has 0 atom stereocenters. The van der Waals surface area contributed by atoms with Crippen molar-refractivity contribution in [1.82, 2.24) is 14.9 Å². The van der Waals surface area contributed by atoms with Gasteiger partial charge >= 0.3 is 0 Å². The lowest BCUT2D eigenvalue weighted by Gasteiger charge is -2.33. The van der Waals surface area contributed by atoms with Crippen LogP contribution in [0.2, 0.25) is 0 Å². The maximum Gasteiger partial charge on any atom is 0.227 e. The summed E-state index contributed by atoms with van der Waals surface area (Å²) >= 11 is 0. The van der Waals surface area contributed by atoms with Crippen LogP contribution in [0.1, 0.15) is 32.1 Å². The lowest BCUT2D eigenvalue weighted by atomic mass is 9.95. The topological polar surface area (TPSA) is 44.3 Å². The van der Waals surface area contributed by atoms with Crippen molar-refractivity contribution in [1.29, 1.82) is 0 Å². The molecule has 0 spiro atoms. The van der Waals surface area contributed by atoms with E-state index in [0.717, 1.165) is 48.8 Å². The first-order valence-corrected chi connectivity index (χ1v) is 9.26. The summed E-state index contributed by atoms with van der Waals surface area (Å²) in [5.41, 5.74) is 1.04. The molecule has 0 unspecified atom stereocenters. The molecule has 4 rings (SSSR count). The Morgan fingerprint density at radius 1 is 0.960 bits per heavy atom. The molecule has 2 aliphatic rings. The van der Waals surface area contributed by atoms with Gasteiger partial charge in [-0.25, -0.2) is 4.98 Å². The molecule has 1 aliphatic heterocycles. The van der Waals surface area contributed by atoms with E-state index in [1.54, 1.807) is 0 Å². The maximum atomic E-state index is 4.93. The molecular weight excluding hydrogens is 334 g/mol. The summed E-state index contributed by atoms with van der Waals surface area (Å²) in [6.07, 6.45) is 6.53. The van der Waals surface area contributed by atoms with Gasteiger partial charge < -0.3 is 15.1 Å². The molecule has 5 nitrogen and oxygen atoms in total. The minimum absolute atomic E-state index is 0. The fourth-order valence-electron chi connectivity index (χ4n) is 3.76. The van der Waals surface area contributed by atoms with Crippen molar-refractivity contribution >= 4 is 35.1 Å². The molecule has 0 radical (unpaired) electrons. The Bertz CT molecular complexity index is 693. The van der Waals surface area contributed by atoms with Crippen molar-refractivity contribution in [2.75, 3.05) is 43.4 Å². The van der Waals surface area contributed by atoms with Gasteiger partial charge in [0.05, 0.1) is 5.52 Å². The highest BCUT2D eigenvalue weighted by Crippen LogP contribution is 2.27. The second-order valence-corrected chi connectivity index (χ2v) is 7.16. The average Bonchev–Trinajstić information content (AvgIpc) is 2.63. The fraction of sp³-hybridized carbons (Fsp3) is 0.579. The molecule has 25 heavy (non-hydrogen) atoms. The number of likely N-dealkylation sites (N-methyl/N-ethyl adjacent to an activating group) is 1. The number of anilines is 2. The Labute approximate surface area is 156 Å². The molecule has 0 amide bonds. The zero-order chi connectivity index (χ0) is 16.4. The van der Waals surface area contributed by atoms with Crippen LogP contribution < -0.4 is 10.2 Å². The molecule has 6 heteroatoms. The molecule has 1 aromatic carbocycles. The van der Waals surface area contributed by atoms with Gasteiger partial charge in [0.1, 0.15) is 5.82 Å². The second-order valence-electron chi connectivity index (χ2n) is 7.16. The maximum absolute atomic E-state index is 4.93. The van der Waals surface area contributed by atoms with Crippen molar-refractivity contribution in [2.45, 2.75) is 38.1 Å². The Morgan fingerprint density at radius 2 is 1.68 bits per heavy atom. The number of para-hydroxylation sites is 1. The zero-order valence-electron chi connectivity index (χ0n) is 14.9.